The second kappa shape index (κ2) is 15.6. The molecule has 0 bridgehead atoms. The molecule has 63 heavy (non-hydrogen) atoms. The topological polar surface area (TPSA) is 9.86 Å². The molecule has 2 aromatic heterocycles. The summed E-state index contributed by atoms with van der Waals surface area (Å²) < 4.78 is 5.01. The van der Waals surface area contributed by atoms with Crippen LogP contribution in [0.3, 0.4) is 0 Å². The molecule has 0 amide bonds. The number of aromatic nitrogens is 2. The Balaban J connectivity index is 1.07. The first-order valence-electron chi connectivity index (χ1n) is 22.7. The van der Waals surface area contributed by atoms with Crippen LogP contribution in [-0.4, -0.2) is 17.2 Å². The molecule has 0 unspecified atom stereocenters. The van der Waals surface area contributed by atoms with E-state index in [2.05, 4.69) is 234 Å². The maximum Gasteiger partial charge on any atom is 0.179 e. The van der Waals surface area contributed by atoms with Gasteiger partial charge in [-0.1, -0.05) is 201 Å². The minimum absolute atomic E-state index is 0.659. The Hall–Kier alpha value is -7.20. The van der Waals surface area contributed by atoms with Crippen LogP contribution in [0.1, 0.15) is 43.6 Å². The molecule has 12 rings (SSSR count). The Kier molecular flexibility index (Phi) is 9.30. The van der Waals surface area contributed by atoms with Gasteiger partial charge in [-0.2, -0.15) is 0 Å². The van der Waals surface area contributed by atoms with E-state index < -0.39 is 8.07 Å². The maximum absolute atomic E-state index is 2.74. The quantitative estimate of drug-likeness (QED) is 0.107. The minimum atomic E-state index is -2.74. The number of fused-ring (bicyclic) bond motifs is 6. The number of benzene rings is 9. The summed E-state index contributed by atoms with van der Waals surface area (Å²) in [5.74, 6) is 0.659. The van der Waals surface area contributed by atoms with Gasteiger partial charge >= 0.3 is 0 Å². The van der Waals surface area contributed by atoms with Crippen LogP contribution in [0.4, 0.5) is 0 Å². The normalized spacial score (nSPS) is 13.7. The summed E-state index contributed by atoms with van der Waals surface area (Å²) in [4.78, 5) is 0. The highest BCUT2D eigenvalue weighted by Gasteiger charge is 2.41. The van der Waals surface area contributed by atoms with Gasteiger partial charge in [0.2, 0.25) is 0 Å². The van der Waals surface area contributed by atoms with Crippen LogP contribution in [-0.2, 0) is 0 Å². The molecule has 11 aromatic rings. The van der Waals surface area contributed by atoms with Crippen LogP contribution >= 0.6 is 0 Å². The van der Waals surface area contributed by atoms with Crippen LogP contribution in [0.25, 0.3) is 66.1 Å². The van der Waals surface area contributed by atoms with Crippen molar-refractivity contribution in [1.82, 2.24) is 9.13 Å². The van der Waals surface area contributed by atoms with Gasteiger partial charge in [0.05, 0.1) is 27.8 Å². The smallest absolute Gasteiger partial charge is 0.179 e. The molecule has 302 valence electrons. The van der Waals surface area contributed by atoms with E-state index in [9.17, 15) is 0 Å². The fourth-order valence-electron chi connectivity index (χ4n) is 11.2. The number of rotatable bonds is 8. The van der Waals surface area contributed by atoms with Gasteiger partial charge in [0, 0.05) is 32.8 Å². The lowest BCUT2D eigenvalue weighted by Gasteiger charge is -2.34. The van der Waals surface area contributed by atoms with Gasteiger partial charge in [0.1, 0.15) is 0 Å². The number of nitrogens with zero attached hydrogens (tertiary/aromatic N) is 2. The summed E-state index contributed by atoms with van der Waals surface area (Å²) in [6, 6.07) is 84.5. The third kappa shape index (κ3) is 6.13. The molecule has 1 aliphatic carbocycles. The van der Waals surface area contributed by atoms with Crippen molar-refractivity contribution in [2.45, 2.75) is 38.0 Å². The van der Waals surface area contributed by atoms with Crippen molar-refractivity contribution in [1.29, 1.82) is 0 Å². The van der Waals surface area contributed by atoms with Gasteiger partial charge in [-0.25, -0.2) is 0 Å². The lowest BCUT2D eigenvalue weighted by Crippen LogP contribution is -2.74. The predicted molar refractivity (Wildman–Crippen MR) is 270 cm³/mol. The fourth-order valence-corrected chi connectivity index (χ4v) is 16.0. The number of hydrogen-bond acceptors (Lipinski definition) is 0. The molecule has 0 spiro atoms. The Bertz CT molecular complexity index is 3330. The molecule has 1 fully saturated rings. The van der Waals surface area contributed by atoms with Gasteiger partial charge < -0.3 is 9.13 Å². The van der Waals surface area contributed by atoms with Gasteiger partial charge in [-0.3, -0.25) is 0 Å². The van der Waals surface area contributed by atoms with Crippen LogP contribution in [0, 0.1) is 0 Å². The maximum atomic E-state index is 2.52. The van der Waals surface area contributed by atoms with E-state index in [0.717, 1.165) is 0 Å². The molecule has 0 saturated heterocycles. The Morgan fingerprint density at radius 1 is 0.349 bits per heavy atom. The van der Waals surface area contributed by atoms with Crippen molar-refractivity contribution >= 4 is 72.4 Å². The van der Waals surface area contributed by atoms with Crippen LogP contribution in [0.2, 0.25) is 0 Å². The molecule has 2 nitrogen and oxygen atoms in total. The van der Waals surface area contributed by atoms with Gasteiger partial charge in [0.15, 0.2) is 8.07 Å². The van der Waals surface area contributed by atoms with Crippen LogP contribution < -0.4 is 20.7 Å². The highest BCUT2D eigenvalue weighted by molar-refractivity contribution is 7.19. The number of hydrogen-bond donors (Lipinski definition) is 0. The highest BCUT2D eigenvalue weighted by Crippen LogP contribution is 2.41. The van der Waals surface area contributed by atoms with Crippen molar-refractivity contribution < 1.29 is 0 Å². The highest BCUT2D eigenvalue weighted by atomic mass is 28.3. The average Bonchev–Trinajstić information content (AvgIpc) is 3.88. The molecule has 0 N–H and O–H groups in total. The first-order valence-corrected chi connectivity index (χ1v) is 24.7. The van der Waals surface area contributed by atoms with Gasteiger partial charge in [0.25, 0.3) is 0 Å². The third-order valence-corrected chi connectivity index (χ3v) is 18.8. The van der Waals surface area contributed by atoms with E-state index in [1.165, 1.54) is 125 Å². The summed E-state index contributed by atoms with van der Waals surface area (Å²) in [5, 5.41) is 10.7. The summed E-state index contributed by atoms with van der Waals surface area (Å²) in [6.45, 7) is 0. The second-order valence-electron chi connectivity index (χ2n) is 17.5. The van der Waals surface area contributed by atoms with Gasteiger partial charge in [-0.05, 0) is 93.1 Å². The van der Waals surface area contributed by atoms with Crippen LogP contribution in [0.15, 0.2) is 224 Å². The Labute approximate surface area is 370 Å². The van der Waals surface area contributed by atoms with Crippen molar-refractivity contribution in [3.63, 3.8) is 0 Å². The van der Waals surface area contributed by atoms with E-state index in [1.807, 2.05) is 0 Å². The Morgan fingerprint density at radius 3 is 1.57 bits per heavy atom. The zero-order valence-corrected chi connectivity index (χ0v) is 36.4. The predicted octanol–water partition coefficient (Wildman–Crippen LogP) is 13.0. The monoisotopic (exact) mass is 824 g/mol. The lowest BCUT2D eigenvalue weighted by atomic mass is 9.84. The standard InChI is InChI=1S/C60H48N2Si/c1-5-20-43(21-6-1)44-36-39-59-55(41-44)53-32-15-17-34-57(53)61(59)46-37-38-54-52-31-14-18-35-58(52)62(60(54)42-46)56-33-16-13-30-51(56)45-22-19-29-50(40-45)63(47-23-7-2-8-24-47,48-25-9-3-10-26-48)49-27-11-4-12-28-49/h2-4,7-19,22-43H,1,5-6,20-21H2. The van der Waals surface area contributed by atoms with Crippen LogP contribution in [0.5, 0.6) is 0 Å². The average molecular weight is 825 g/mol. The largest absolute Gasteiger partial charge is 0.309 e. The lowest BCUT2D eigenvalue weighted by molar-refractivity contribution is 0.444. The number of para-hydroxylation sites is 3. The minimum Gasteiger partial charge on any atom is -0.309 e. The van der Waals surface area contributed by atoms with Crippen molar-refractivity contribution in [3.8, 4) is 22.5 Å². The fraction of sp³-hybridized carbons (Fsp3) is 0.100. The Morgan fingerprint density at radius 2 is 0.889 bits per heavy atom. The summed E-state index contributed by atoms with van der Waals surface area (Å²) in [6.07, 6.45) is 6.64. The summed E-state index contributed by atoms with van der Waals surface area (Å²) >= 11 is 0. The first kappa shape index (κ1) is 37.5. The van der Waals surface area contributed by atoms with Crippen molar-refractivity contribution in [2.24, 2.45) is 0 Å². The molecule has 0 atom stereocenters. The SMILES string of the molecule is c1ccc([Si](c2ccccc2)(c2ccccc2)c2cccc(-c3ccccc3-n3c4ccccc4c4ccc(-n5c6ccccc6c6cc(C7CCCCC7)ccc65)cc43)c2)cc1. The van der Waals surface area contributed by atoms with E-state index in [0.29, 0.717) is 5.92 Å². The van der Waals surface area contributed by atoms with E-state index in [-0.39, 0.29) is 0 Å². The summed E-state index contributed by atoms with van der Waals surface area (Å²) in [7, 11) is -2.74. The molecule has 2 heterocycles. The second-order valence-corrected chi connectivity index (χ2v) is 21.3. The van der Waals surface area contributed by atoms with Crippen molar-refractivity contribution in [2.75, 3.05) is 0 Å². The molecule has 1 saturated carbocycles. The first-order chi connectivity index (χ1) is 31.3. The molecule has 3 heteroatoms. The zero-order valence-electron chi connectivity index (χ0n) is 35.4. The van der Waals surface area contributed by atoms with Crippen molar-refractivity contribution in [3.05, 3.63) is 230 Å². The van der Waals surface area contributed by atoms with Gasteiger partial charge in [-0.15, -0.1) is 0 Å². The molecular weight excluding hydrogens is 777 g/mol. The molecule has 0 aliphatic heterocycles. The van der Waals surface area contributed by atoms with E-state index in [4.69, 9.17) is 0 Å². The third-order valence-electron chi connectivity index (χ3n) is 14.1. The molecule has 1 aliphatic rings. The zero-order chi connectivity index (χ0) is 41.7. The van der Waals surface area contributed by atoms with E-state index >= 15 is 0 Å². The molecular formula is C60H48N2Si. The van der Waals surface area contributed by atoms with E-state index in [1.54, 1.807) is 0 Å². The summed E-state index contributed by atoms with van der Waals surface area (Å²) in [5.41, 5.74) is 11.2. The molecule has 9 aromatic carbocycles. The molecule has 0 radical (unpaired) electrons.